The van der Waals surface area contributed by atoms with Crippen LogP contribution in [0.25, 0.3) is 11.4 Å². The maximum atomic E-state index is 12.3. The van der Waals surface area contributed by atoms with Crippen molar-refractivity contribution in [2.75, 3.05) is 13.7 Å². The van der Waals surface area contributed by atoms with Gasteiger partial charge in [0.25, 0.3) is 0 Å². The van der Waals surface area contributed by atoms with Crippen LogP contribution in [0.4, 0.5) is 0 Å². The molecule has 9 nitrogen and oxygen atoms in total. The fraction of sp³-hybridized carbons (Fsp3) is 0.379. The van der Waals surface area contributed by atoms with Crippen LogP contribution in [0.15, 0.2) is 54.7 Å². The summed E-state index contributed by atoms with van der Waals surface area (Å²) in [6, 6.07) is 14.4. The van der Waals surface area contributed by atoms with Gasteiger partial charge in [0.1, 0.15) is 23.7 Å². The van der Waals surface area contributed by atoms with Gasteiger partial charge in [0.05, 0.1) is 31.4 Å². The third-order valence-corrected chi connectivity index (χ3v) is 5.30. The van der Waals surface area contributed by atoms with Gasteiger partial charge in [-0.1, -0.05) is 24.3 Å². The molecule has 0 fully saturated rings. The van der Waals surface area contributed by atoms with E-state index in [4.69, 9.17) is 18.9 Å². The molecule has 0 saturated heterocycles. The van der Waals surface area contributed by atoms with Crippen LogP contribution in [-0.4, -0.2) is 52.4 Å². The van der Waals surface area contributed by atoms with E-state index < -0.39 is 17.7 Å². The van der Waals surface area contributed by atoms with Gasteiger partial charge in [-0.25, -0.2) is 14.8 Å². The highest BCUT2D eigenvalue weighted by molar-refractivity contribution is 5.75. The second-order valence-electron chi connectivity index (χ2n) is 9.54. The van der Waals surface area contributed by atoms with Gasteiger partial charge < -0.3 is 24.1 Å². The second-order valence-corrected chi connectivity index (χ2v) is 9.54. The zero-order chi connectivity index (χ0) is 27.7. The molecule has 202 valence electrons. The van der Waals surface area contributed by atoms with Gasteiger partial charge in [-0.2, -0.15) is 0 Å². The highest BCUT2D eigenvalue weighted by atomic mass is 16.6. The first-order valence-corrected chi connectivity index (χ1v) is 12.4. The number of carbonyl (C=O) groups excluding carboxylic acids is 2. The number of hydrogen-bond acceptors (Lipinski definition) is 9. The molecule has 1 heterocycles. The summed E-state index contributed by atoms with van der Waals surface area (Å²) in [6.45, 7) is 7.33. The average Bonchev–Trinajstić information content (AvgIpc) is 2.87. The minimum absolute atomic E-state index is 0.0359. The highest BCUT2D eigenvalue weighted by Gasteiger charge is 2.21. The summed E-state index contributed by atoms with van der Waals surface area (Å²) in [5.74, 6) is 0.482. The fourth-order valence-electron chi connectivity index (χ4n) is 3.70. The highest BCUT2D eigenvalue weighted by Crippen LogP contribution is 2.27. The van der Waals surface area contributed by atoms with Crippen molar-refractivity contribution in [3.63, 3.8) is 0 Å². The summed E-state index contributed by atoms with van der Waals surface area (Å²) in [7, 11) is 1.59. The van der Waals surface area contributed by atoms with Gasteiger partial charge in [-0.05, 0) is 63.1 Å². The van der Waals surface area contributed by atoms with Crippen molar-refractivity contribution in [1.29, 1.82) is 0 Å². The summed E-state index contributed by atoms with van der Waals surface area (Å²) < 4.78 is 21.8. The number of carbonyl (C=O) groups is 2. The molecule has 0 saturated carbocycles. The molecule has 3 aromatic rings. The molecule has 0 aliphatic heterocycles. The Morgan fingerprint density at radius 1 is 1.05 bits per heavy atom. The van der Waals surface area contributed by atoms with Crippen LogP contribution in [0, 0.1) is 0 Å². The van der Waals surface area contributed by atoms with E-state index >= 15 is 0 Å². The zero-order valence-electron chi connectivity index (χ0n) is 22.4. The minimum Gasteiger partial charge on any atom is -0.496 e. The van der Waals surface area contributed by atoms with Crippen molar-refractivity contribution in [3.05, 3.63) is 71.5 Å². The SMILES string of the molecule is CCOC(=O)[C@H](O)Cc1cc(CC(=O)OC(C)(C)C)ccc1OCc1ccnc(-c2ccccc2OC)n1. The lowest BCUT2D eigenvalue weighted by molar-refractivity contribution is -0.154. The molecule has 2 aromatic carbocycles. The molecule has 3 rings (SSSR count). The van der Waals surface area contributed by atoms with E-state index in [0.717, 1.165) is 5.56 Å². The first-order valence-electron chi connectivity index (χ1n) is 12.4. The molecule has 1 aromatic heterocycles. The predicted octanol–water partition coefficient (Wildman–Crippen LogP) is 4.08. The molecular formula is C29H34N2O7. The van der Waals surface area contributed by atoms with Gasteiger partial charge in [0.15, 0.2) is 11.9 Å². The Labute approximate surface area is 222 Å². The van der Waals surface area contributed by atoms with Crippen molar-refractivity contribution in [1.82, 2.24) is 9.97 Å². The van der Waals surface area contributed by atoms with Crippen LogP contribution in [0.3, 0.4) is 0 Å². The largest absolute Gasteiger partial charge is 0.496 e. The standard InChI is InChI=1S/C29H34N2O7/c1-6-36-28(34)23(32)17-20-15-19(16-26(33)38-29(2,3)4)11-12-24(20)37-18-21-13-14-30-27(31-21)22-9-7-8-10-25(22)35-5/h7-15,23,32H,6,16-18H2,1-5H3/t23-/m1/s1. The van der Waals surface area contributed by atoms with E-state index in [2.05, 4.69) is 9.97 Å². The van der Waals surface area contributed by atoms with Crippen LogP contribution in [0.1, 0.15) is 44.5 Å². The van der Waals surface area contributed by atoms with Gasteiger partial charge in [-0.3, -0.25) is 4.79 Å². The van der Waals surface area contributed by atoms with E-state index in [1.807, 2.05) is 24.3 Å². The number of esters is 2. The number of aliphatic hydroxyl groups excluding tert-OH is 1. The molecule has 0 aliphatic rings. The van der Waals surface area contributed by atoms with Gasteiger partial charge in [0, 0.05) is 12.6 Å². The Morgan fingerprint density at radius 3 is 2.53 bits per heavy atom. The summed E-state index contributed by atoms with van der Waals surface area (Å²) in [5.41, 5.74) is 1.98. The lowest BCUT2D eigenvalue weighted by atomic mass is 10.0. The number of rotatable bonds is 11. The fourth-order valence-corrected chi connectivity index (χ4v) is 3.70. The van der Waals surface area contributed by atoms with Gasteiger partial charge in [0.2, 0.25) is 0 Å². The van der Waals surface area contributed by atoms with Crippen molar-refractivity contribution < 1.29 is 33.6 Å². The van der Waals surface area contributed by atoms with Crippen LogP contribution < -0.4 is 9.47 Å². The zero-order valence-corrected chi connectivity index (χ0v) is 22.4. The summed E-state index contributed by atoms with van der Waals surface area (Å²) in [4.78, 5) is 33.4. The smallest absolute Gasteiger partial charge is 0.335 e. The number of ether oxygens (including phenoxy) is 4. The number of nitrogens with zero attached hydrogens (tertiary/aromatic N) is 2. The summed E-state index contributed by atoms with van der Waals surface area (Å²) in [6.07, 6.45) is 0.245. The maximum Gasteiger partial charge on any atom is 0.335 e. The number of benzene rings is 2. The molecule has 9 heteroatoms. The number of aromatic nitrogens is 2. The number of methoxy groups -OCH3 is 1. The lowest BCUT2D eigenvalue weighted by Crippen LogP contribution is -2.26. The predicted molar refractivity (Wildman–Crippen MR) is 141 cm³/mol. The van der Waals surface area contributed by atoms with Crippen LogP contribution >= 0.6 is 0 Å². The molecule has 38 heavy (non-hydrogen) atoms. The van der Waals surface area contributed by atoms with Crippen molar-refractivity contribution in [2.45, 2.75) is 58.8 Å². The lowest BCUT2D eigenvalue weighted by Gasteiger charge is -2.20. The van der Waals surface area contributed by atoms with E-state index in [1.165, 1.54) is 0 Å². The van der Waals surface area contributed by atoms with Crippen LogP contribution in [0.5, 0.6) is 11.5 Å². The summed E-state index contributed by atoms with van der Waals surface area (Å²) in [5, 5.41) is 10.4. The number of hydrogen-bond donors (Lipinski definition) is 1. The van der Waals surface area contributed by atoms with Crippen molar-refractivity contribution >= 4 is 11.9 Å². The minimum atomic E-state index is -1.38. The second kappa shape index (κ2) is 13.0. The molecule has 0 spiro atoms. The third kappa shape index (κ3) is 8.27. The van der Waals surface area contributed by atoms with E-state index in [1.54, 1.807) is 65.3 Å². The quantitative estimate of drug-likeness (QED) is 0.372. The van der Waals surface area contributed by atoms with E-state index in [-0.39, 0.29) is 32.0 Å². The van der Waals surface area contributed by atoms with Gasteiger partial charge >= 0.3 is 11.9 Å². The Hall–Kier alpha value is -3.98. The topological polar surface area (TPSA) is 117 Å². The molecular weight excluding hydrogens is 488 g/mol. The summed E-state index contributed by atoms with van der Waals surface area (Å²) >= 11 is 0. The van der Waals surface area contributed by atoms with Crippen LogP contribution in [0.2, 0.25) is 0 Å². The number of aliphatic hydroxyl groups is 1. The Balaban J connectivity index is 1.82. The number of para-hydroxylation sites is 1. The molecule has 0 bridgehead atoms. The normalized spacial score (nSPS) is 11.9. The molecule has 0 unspecified atom stereocenters. The van der Waals surface area contributed by atoms with Crippen molar-refractivity contribution in [3.8, 4) is 22.9 Å². The van der Waals surface area contributed by atoms with Gasteiger partial charge in [-0.15, -0.1) is 0 Å². The molecule has 0 amide bonds. The Morgan fingerprint density at radius 2 is 1.82 bits per heavy atom. The Kier molecular flexibility index (Phi) is 9.78. The molecule has 1 N–H and O–H groups in total. The first kappa shape index (κ1) is 28.6. The van der Waals surface area contributed by atoms with Crippen molar-refractivity contribution in [2.24, 2.45) is 0 Å². The van der Waals surface area contributed by atoms with Crippen LogP contribution in [-0.2, 0) is 38.5 Å². The Bertz CT molecular complexity index is 1250. The molecule has 1 atom stereocenters. The average molecular weight is 523 g/mol. The van der Waals surface area contributed by atoms with E-state index in [9.17, 15) is 14.7 Å². The molecule has 0 radical (unpaired) electrons. The van der Waals surface area contributed by atoms with E-state index in [0.29, 0.717) is 34.1 Å². The third-order valence-electron chi connectivity index (χ3n) is 5.30. The monoisotopic (exact) mass is 522 g/mol. The molecule has 0 aliphatic carbocycles. The first-order chi connectivity index (χ1) is 18.1. The maximum absolute atomic E-state index is 12.3.